The highest BCUT2D eigenvalue weighted by atomic mass is 16.5. The fourth-order valence-electron chi connectivity index (χ4n) is 3.10. The van der Waals surface area contributed by atoms with Gasteiger partial charge in [0.15, 0.2) is 0 Å². The molecule has 1 aliphatic carbocycles. The maximum atomic E-state index is 12.1. The Bertz CT molecular complexity index is 758. The van der Waals surface area contributed by atoms with Gasteiger partial charge in [-0.2, -0.15) is 5.11 Å². The Kier molecular flexibility index (Phi) is 3.46. The molecule has 3 aliphatic rings. The Hall–Kier alpha value is -2.47. The van der Waals surface area contributed by atoms with E-state index in [9.17, 15) is 4.79 Å². The third-order valence-corrected chi connectivity index (χ3v) is 4.28. The van der Waals surface area contributed by atoms with Crippen LogP contribution in [0, 0.1) is 0 Å². The Morgan fingerprint density at radius 2 is 2.13 bits per heavy atom. The smallest absolute Gasteiger partial charge is 0.297 e. The maximum Gasteiger partial charge on any atom is 0.297 e. The van der Waals surface area contributed by atoms with Crippen LogP contribution in [0.3, 0.4) is 0 Å². The normalized spacial score (nSPS) is 19.1. The second-order valence-corrected chi connectivity index (χ2v) is 5.84. The topological polar surface area (TPSA) is 74.5 Å². The molecule has 1 amide bonds. The van der Waals surface area contributed by atoms with E-state index in [1.807, 2.05) is 12.1 Å². The highest BCUT2D eigenvalue weighted by Gasteiger charge is 2.33. The number of nitrogens with zero attached hydrogens (tertiary/aromatic N) is 3. The third kappa shape index (κ3) is 2.55. The van der Waals surface area contributed by atoms with Crippen LogP contribution in [-0.2, 0) is 17.9 Å². The Balaban J connectivity index is 1.63. The number of amides is 1. The number of azo groups is 1. The standard InChI is InChI=1S/C17H17N3O3/c21-6-7-23-15-3-1-2-12-9-20(10-13(12)15)14-8-18-19-17(22)16(14)11-4-5-11/h1-3,8,21H,4-7,9-10H2. The van der Waals surface area contributed by atoms with Gasteiger partial charge >= 0.3 is 0 Å². The first-order chi connectivity index (χ1) is 11.3. The summed E-state index contributed by atoms with van der Waals surface area (Å²) in [5.41, 5.74) is 5.05. The van der Waals surface area contributed by atoms with Crippen molar-refractivity contribution in [1.82, 2.24) is 4.90 Å². The van der Waals surface area contributed by atoms with Gasteiger partial charge in [0.25, 0.3) is 5.91 Å². The number of hydrogen-bond acceptors (Lipinski definition) is 5. The fourth-order valence-corrected chi connectivity index (χ4v) is 3.10. The molecule has 0 saturated heterocycles. The maximum absolute atomic E-state index is 12.1. The lowest BCUT2D eigenvalue weighted by Crippen LogP contribution is -2.22. The molecule has 6 heteroatoms. The number of ether oxygens (including phenoxy) is 1. The van der Waals surface area contributed by atoms with E-state index in [0.717, 1.165) is 42.0 Å². The lowest BCUT2D eigenvalue weighted by Gasteiger charge is -2.23. The molecule has 1 saturated carbocycles. The third-order valence-electron chi connectivity index (χ3n) is 4.28. The molecule has 0 unspecified atom stereocenters. The summed E-state index contributed by atoms with van der Waals surface area (Å²) >= 11 is 0. The van der Waals surface area contributed by atoms with E-state index in [1.54, 1.807) is 6.20 Å². The second kappa shape index (κ2) is 5.62. The molecule has 0 bridgehead atoms. The van der Waals surface area contributed by atoms with E-state index in [2.05, 4.69) is 21.2 Å². The molecular weight excluding hydrogens is 294 g/mol. The predicted molar refractivity (Wildman–Crippen MR) is 82.5 cm³/mol. The molecule has 1 fully saturated rings. The van der Waals surface area contributed by atoms with Crippen molar-refractivity contribution < 1.29 is 14.6 Å². The van der Waals surface area contributed by atoms with Gasteiger partial charge in [-0.25, -0.2) is 0 Å². The van der Waals surface area contributed by atoms with Crippen molar-refractivity contribution in [1.29, 1.82) is 0 Å². The summed E-state index contributed by atoms with van der Waals surface area (Å²) in [5.74, 6) is 0.562. The molecule has 2 aliphatic heterocycles. The van der Waals surface area contributed by atoms with Gasteiger partial charge in [-0.05, 0) is 24.5 Å². The van der Waals surface area contributed by atoms with Crippen LogP contribution in [0.2, 0.25) is 0 Å². The molecule has 23 heavy (non-hydrogen) atoms. The quantitative estimate of drug-likeness (QED) is 0.866. The van der Waals surface area contributed by atoms with Gasteiger partial charge in [-0.1, -0.05) is 17.7 Å². The van der Waals surface area contributed by atoms with Gasteiger partial charge in [0, 0.05) is 18.7 Å². The Morgan fingerprint density at radius 3 is 2.91 bits per heavy atom. The minimum atomic E-state index is -0.234. The monoisotopic (exact) mass is 311 g/mol. The van der Waals surface area contributed by atoms with Gasteiger partial charge in [-0.15, -0.1) is 5.11 Å². The molecule has 1 aromatic rings. The number of rotatable bonds is 4. The van der Waals surface area contributed by atoms with Gasteiger partial charge < -0.3 is 14.7 Å². The zero-order valence-corrected chi connectivity index (χ0v) is 12.7. The van der Waals surface area contributed by atoms with E-state index >= 15 is 0 Å². The van der Waals surface area contributed by atoms with Crippen molar-refractivity contribution in [2.24, 2.45) is 10.2 Å². The lowest BCUT2D eigenvalue weighted by molar-refractivity contribution is -0.115. The number of allylic oxidation sites excluding steroid dienone is 1. The number of benzene rings is 1. The summed E-state index contributed by atoms with van der Waals surface area (Å²) in [6.45, 7) is 1.66. The van der Waals surface area contributed by atoms with Crippen LogP contribution in [0.1, 0.15) is 24.0 Å². The van der Waals surface area contributed by atoms with Crippen LogP contribution >= 0.6 is 0 Å². The molecule has 2 heterocycles. The molecule has 1 aromatic carbocycles. The summed E-state index contributed by atoms with van der Waals surface area (Å²) in [4.78, 5) is 14.2. The molecular formula is C17H17N3O3. The highest BCUT2D eigenvalue weighted by Crippen LogP contribution is 2.41. The predicted octanol–water partition coefficient (Wildman–Crippen LogP) is 2.30. The van der Waals surface area contributed by atoms with Crippen LogP contribution in [0.4, 0.5) is 0 Å². The Morgan fingerprint density at radius 1 is 1.26 bits per heavy atom. The van der Waals surface area contributed by atoms with Crippen molar-refractivity contribution >= 4 is 5.91 Å². The number of hydrogen-bond donors (Lipinski definition) is 1. The summed E-state index contributed by atoms with van der Waals surface area (Å²) in [6, 6.07) is 5.94. The van der Waals surface area contributed by atoms with E-state index < -0.39 is 0 Å². The van der Waals surface area contributed by atoms with E-state index in [-0.39, 0.29) is 19.1 Å². The van der Waals surface area contributed by atoms with Crippen LogP contribution in [0.5, 0.6) is 5.75 Å². The molecule has 0 spiro atoms. The molecule has 4 rings (SSSR count). The SMILES string of the molecule is O=C1N=NC=C(N2Cc3cccc(OCCO)c3C2)C1=C1CC1. The largest absolute Gasteiger partial charge is 0.491 e. The van der Waals surface area contributed by atoms with Crippen LogP contribution < -0.4 is 4.74 Å². The first kappa shape index (κ1) is 14.1. The number of aliphatic hydroxyl groups is 1. The van der Waals surface area contributed by atoms with E-state index in [0.29, 0.717) is 6.54 Å². The first-order valence-corrected chi connectivity index (χ1v) is 7.75. The zero-order chi connectivity index (χ0) is 15.8. The number of fused-ring (bicyclic) bond motifs is 1. The van der Waals surface area contributed by atoms with Crippen molar-refractivity contribution in [2.45, 2.75) is 25.9 Å². The average Bonchev–Trinajstić information content (AvgIpc) is 3.30. The van der Waals surface area contributed by atoms with Crippen LogP contribution in [0.25, 0.3) is 0 Å². The average molecular weight is 311 g/mol. The minimum Gasteiger partial charge on any atom is -0.491 e. The van der Waals surface area contributed by atoms with E-state index in [1.165, 1.54) is 11.1 Å². The molecule has 118 valence electrons. The fraction of sp³-hybridized carbons (Fsp3) is 0.353. The van der Waals surface area contributed by atoms with Gasteiger partial charge in [0.1, 0.15) is 12.4 Å². The van der Waals surface area contributed by atoms with Crippen molar-refractivity contribution in [3.8, 4) is 5.75 Å². The van der Waals surface area contributed by atoms with Crippen molar-refractivity contribution in [2.75, 3.05) is 13.2 Å². The summed E-state index contributed by atoms with van der Waals surface area (Å²) in [5, 5.41) is 16.5. The first-order valence-electron chi connectivity index (χ1n) is 7.75. The molecule has 0 atom stereocenters. The summed E-state index contributed by atoms with van der Waals surface area (Å²) < 4.78 is 5.62. The number of carbonyl (C=O) groups excluding carboxylic acids is 1. The lowest BCUT2D eigenvalue weighted by atomic mass is 10.1. The van der Waals surface area contributed by atoms with E-state index in [4.69, 9.17) is 9.84 Å². The number of aliphatic hydroxyl groups excluding tert-OH is 1. The summed E-state index contributed by atoms with van der Waals surface area (Å²) in [6.07, 6.45) is 3.63. The molecule has 6 nitrogen and oxygen atoms in total. The minimum absolute atomic E-state index is 0.0103. The van der Waals surface area contributed by atoms with Gasteiger partial charge in [-0.3, -0.25) is 4.79 Å². The second-order valence-electron chi connectivity index (χ2n) is 5.84. The number of carbonyl (C=O) groups is 1. The Labute approximate surface area is 133 Å². The van der Waals surface area contributed by atoms with Crippen LogP contribution in [0.15, 0.2) is 51.5 Å². The summed E-state index contributed by atoms with van der Waals surface area (Å²) in [7, 11) is 0. The van der Waals surface area contributed by atoms with Crippen molar-refractivity contribution in [3.63, 3.8) is 0 Å². The van der Waals surface area contributed by atoms with Crippen molar-refractivity contribution in [3.05, 3.63) is 52.4 Å². The molecule has 0 aromatic heterocycles. The van der Waals surface area contributed by atoms with Gasteiger partial charge in [0.05, 0.1) is 24.1 Å². The molecule has 0 radical (unpaired) electrons. The van der Waals surface area contributed by atoms with Crippen LogP contribution in [-0.4, -0.2) is 29.1 Å². The zero-order valence-electron chi connectivity index (χ0n) is 12.7. The highest BCUT2D eigenvalue weighted by molar-refractivity contribution is 6.00. The molecule has 1 N–H and O–H groups in total. The van der Waals surface area contributed by atoms with Gasteiger partial charge in [0.2, 0.25) is 0 Å².